The predicted molar refractivity (Wildman–Crippen MR) is 145 cm³/mol. The van der Waals surface area contributed by atoms with E-state index in [1.165, 1.54) is 12.1 Å². The van der Waals surface area contributed by atoms with Crippen molar-refractivity contribution in [3.63, 3.8) is 0 Å². The van der Waals surface area contributed by atoms with Crippen LogP contribution in [-0.4, -0.2) is 70.4 Å². The van der Waals surface area contributed by atoms with Gasteiger partial charge in [-0.25, -0.2) is 0 Å². The number of aromatic hydroxyl groups is 2. The Bertz CT molecular complexity index is 1420. The molecule has 0 radical (unpaired) electrons. The summed E-state index contributed by atoms with van der Waals surface area (Å²) in [5, 5.41) is 36.6. The minimum atomic E-state index is -0.360. The van der Waals surface area contributed by atoms with Crippen LogP contribution in [0.1, 0.15) is 54.6 Å². The van der Waals surface area contributed by atoms with Gasteiger partial charge in [0.1, 0.15) is 28.6 Å². The molecule has 2 aromatic carbocycles. The number of rotatable bonds is 6. The Hall–Kier alpha value is -4.11. The second-order valence-corrected chi connectivity index (χ2v) is 10.8. The summed E-state index contributed by atoms with van der Waals surface area (Å²) in [6, 6.07) is 12.8. The lowest BCUT2D eigenvalue weighted by Crippen LogP contribution is -2.50. The Morgan fingerprint density at radius 3 is 2.44 bits per heavy atom. The van der Waals surface area contributed by atoms with Gasteiger partial charge in [0.2, 0.25) is 0 Å². The van der Waals surface area contributed by atoms with Gasteiger partial charge in [0.25, 0.3) is 5.91 Å². The number of ether oxygens (including phenoxy) is 3. The quantitative estimate of drug-likeness (QED) is 0.398. The number of carbonyl (C=O) groups excluding carboxylic acids is 1. The molecule has 41 heavy (non-hydrogen) atoms. The van der Waals surface area contributed by atoms with Crippen LogP contribution in [0.3, 0.4) is 0 Å². The lowest BCUT2D eigenvalue weighted by molar-refractivity contribution is -0.184. The van der Waals surface area contributed by atoms with Crippen molar-refractivity contribution in [3.05, 3.63) is 53.7 Å². The van der Waals surface area contributed by atoms with Crippen LogP contribution in [0.2, 0.25) is 0 Å². The summed E-state index contributed by atoms with van der Waals surface area (Å²) in [6.07, 6.45) is 5.65. The molecule has 1 aliphatic carbocycles. The van der Waals surface area contributed by atoms with Gasteiger partial charge < -0.3 is 39.2 Å². The number of benzene rings is 2. The molecule has 214 valence electrons. The molecule has 11 nitrogen and oxygen atoms in total. The Morgan fingerprint density at radius 1 is 1.05 bits per heavy atom. The Morgan fingerprint density at radius 2 is 1.76 bits per heavy atom. The minimum Gasteiger partial charge on any atom is -0.508 e. The van der Waals surface area contributed by atoms with E-state index in [0.717, 1.165) is 57.7 Å². The number of aromatic nitrogens is 1. The standard InChI is InChI=1S/C30H32N4O7/c31-18-19-1-3-23(4-2-19)40-26-16-22(35)15-25(36)28(26)27-17-24(33-41-27)29(37)32-20-7-11-34(12-8-20)21-5-9-30(10-6-21)38-13-14-39-30/h1-4,15-17,20-21,35-36H,5-14H2,(H,32,37). The van der Waals surface area contributed by atoms with Crippen LogP contribution in [0.25, 0.3) is 11.3 Å². The van der Waals surface area contributed by atoms with Crippen LogP contribution in [-0.2, 0) is 9.47 Å². The third-order valence-electron chi connectivity index (χ3n) is 8.18. The number of hydrogen-bond acceptors (Lipinski definition) is 10. The van der Waals surface area contributed by atoms with Gasteiger partial charge >= 0.3 is 0 Å². The van der Waals surface area contributed by atoms with E-state index in [4.69, 9.17) is 24.0 Å². The van der Waals surface area contributed by atoms with E-state index in [1.54, 1.807) is 24.3 Å². The summed E-state index contributed by atoms with van der Waals surface area (Å²) in [7, 11) is 0. The highest BCUT2D eigenvalue weighted by molar-refractivity contribution is 5.93. The summed E-state index contributed by atoms with van der Waals surface area (Å²) in [6.45, 7) is 3.19. The Balaban J connectivity index is 1.07. The molecule has 3 aromatic rings. The van der Waals surface area contributed by atoms with Crippen LogP contribution >= 0.6 is 0 Å². The zero-order valence-electron chi connectivity index (χ0n) is 22.5. The van der Waals surface area contributed by atoms with E-state index in [0.29, 0.717) is 30.6 Å². The highest BCUT2D eigenvalue weighted by Gasteiger charge is 2.42. The van der Waals surface area contributed by atoms with Gasteiger partial charge in [0, 0.05) is 56.2 Å². The van der Waals surface area contributed by atoms with Gasteiger partial charge in [-0.15, -0.1) is 0 Å². The maximum atomic E-state index is 13.0. The van der Waals surface area contributed by atoms with Crippen molar-refractivity contribution in [1.82, 2.24) is 15.4 Å². The van der Waals surface area contributed by atoms with E-state index >= 15 is 0 Å². The van der Waals surface area contributed by atoms with Crippen molar-refractivity contribution in [1.29, 1.82) is 5.26 Å². The van der Waals surface area contributed by atoms with Crippen LogP contribution < -0.4 is 10.1 Å². The maximum Gasteiger partial charge on any atom is 0.273 e. The van der Waals surface area contributed by atoms with Crippen molar-refractivity contribution < 1.29 is 33.7 Å². The molecule has 0 atom stereocenters. The molecule has 3 aliphatic rings. The first-order chi connectivity index (χ1) is 19.9. The van der Waals surface area contributed by atoms with Crippen molar-refractivity contribution in [2.24, 2.45) is 0 Å². The third kappa shape index (κ3) is 5.86. The Labute approximate surface area is 237 Å². The first-order valence-electron chi connectivity index (χ1n) is 14.0. The summed E-state index contributed by atoms with van der Waals surface area (Å²) in [4.78, 5) is 15.5. The molecule has 1 saturated carbocycles. The first-order valence-corrected chi connectivity index (χ1v) is 14.0. The fourth-order valence-corrected chi connectivity index (χ4v) is 6.00. The summed E-state index contributed by atoms with van der Waals surface area (Å²) >= 11 is 0. The predicted octanol–water partition coefficient (Wildman–Crippen LogP) is 4.30. The molecule has 6 rings (SSSR count). The zero-order valence-corrected chi connectivity index (χ0v) is 22.5. The minimum absolute atomic E-state index is 0.0210. The van der Waals surface area contributed by atoms with Gasteiger partial charge in [0.05, 0.1) is 24.8 Å². The Kier molecular flexibility index (Phi) is 7.53. The molecular weight excluding hydrogens is 528 g/mol. The van der Waals surface area contributed by atoms with Gasteiger partial charge in [-0.2, -0.15) is 5.26 Å². The number of phenols is 2. The number of hydrogen-bond donors (Lipinski definition) is 3. The third-order valence-corrected chi connectivity index (χ3v) is 8.18. The highest BCUT2D eigenvalue weighted by Crippen LogP contribution is 2.43. The number of carbonyl (C=O) groups is 1. The number of amides is 1. The molecule has 3 heterocycles. The van der Waals surface area contributed by atoms with Gasteiger partial charge in [-0.1, -0.05) is 5.16 Å². The molecule has 1 amide bonds. The molecular formula is C30H32N4O7. The van der Waals surface area contributed by atoms with E-state index in [1.807, 2.05) is 6.07 Å². The van der Waals surface area contributed by atoms with Crippen LogP contribution in [0.15, 0.2) is 47.0 Å². The van der Waals surface area contributed by atoms with Crippen molar-refractivity contribution >= 4 is 5.91 Å². The number of phenolic OH excluding ortho intramolecular Hbond substituents is 2. The molecule has 0 bridgehead atoms. The monoisotopic (exact) mass is 560 g/mol. The van der Waals surface area contributed by atoms with Crippen LogP contribution in [0, 0.1) is 11.3 Å². The molecule has 11 heteroatoms. The second-order valence-electron chi connectivity index (χ2n) is 10.8. The molecule has 2 aliphatic heterocycles. The van der Waals surface area contributed by atoms with E-state index in [9.17, 15) is 15.0 Å². The molecule has 0 unspecified atom stereocenters. The lowest BCUT2D eigenvalue weighted by atomic mass is 9.88. The topological polar surface area (TPSA) is 150 Å². The number of piperidine rings is 1. The summed E-state index contributed by atoms with van der Waals surface area (Å²) < 4.78 is 23.0. The smallest absolute Gasteiger partial charge is 0.273 e. The molecule has 3 fully saturated rings. The normalized spacial score (nSPS) is 19.7. The van der Waals surface area contributed by atoms with Gasteiger partial charge in [0.15, 0.2) is 17.2 Å². The highest BCUT2D eigenvalue weighted by atomic mass is 16.7. The van der Waals surface area contributed by atoms with E-state index in [2.05, 4.69) is 15.4 Å². The van der Waals surface area contributed by atoms with Crippen LogP contribution in [0.5, 0.6) is 23.0 Å². The average Bonchev–Trinajstić information content (AvgIpc) is 3.65. The van der Waals surface area contributed by atoms with E-state index < -0.39 is 0 Å². The molecule has 3 N–H and O–H groups in total. The molecule has 1 spiro atoms. The fourth-order valence-electron chi connectivity index (χ4n) is 6.00. The second kappa shape index (κ2) is 11.4. The van der Waals surface area contributed by atoms with Crippen LogP contribution in [0.4, 0.5) is 0 Å². The average molecular weight is 561 g/mol. The number of nitrogens with one attached hydrogen (secondary N) is 1. The van der Waals surface area contributed by atoms with Crippen molar-refractivity contribution in [2.75, 3.05) is 26.3 Å². The first kappa shape index (κ1) is 27.1. The fraction of sp³-hybridized carbons (Fsp3) is 0.433. The van der Waals surface area contributed by atoms with Crippen molar-refractivity contribution in [3.8, 4) is 40.4 Å². The number of nitriles is 1. The largest absolute Gasteiger partial charge is 0.508 e. The van der Waals surface area contributed by atoms with Gasteiger partial charge in [-0.3, -0.25) is 4.79 Å². The van der Waals surface area contributed by atoms with Crippen molar-refractivity contribution in [2.45, 2.75) is 56.4 Å². The molecule has 2 saturated heterocycles. The lowest BCUT2D eigenvalue weighted by Gasteiger charge is -2.43. The van der Waals surface area contributed by atoms with Gasteiger partial charge in [-0.05, 0) is 49.9 Å². The maximum absolute atomic E-state index is 13.0. The summed E-state index contributed by atoms with van der Waals surface area (Å²) in [5.41, 5.74) is 0.673. The number of likely N-dealkylation sites (tertiary alicyclic amines) is 1. The summed E-state index contributed by atoms with van der Waals surface area (Å²) in [5.74, 6) is -0.644. The molecule has 1 aromatic heterocycles. The zero-order chi connectivity index (χ0) is 28.4. The SMILES string of the molecule is N#Cc1ccc(Oc2cc(O)cc(O)c2-c2cc(C(=O)NC3CCN(C4CCC5(CC4)OCCO5)CC3)no2)cc1. The number of nitrogens with zero attached hydrogens (tertiary/aromatic N) is 3. The van der Waals surface area contributed by atoms with E-state index in [-0.39, 0.29) is 52.0 Å².